The molecule has 118 valence electrons. The number of rotatable bonds is 5. The van der Waals surface area contributed by atoms with Gasteiger partial charge in [0.2, 0.25) is 5.91 Å². The van der Waals surface area contributed by atoms with Gasteiger partial charge in [-0.1, -0.05) is 19.8 Å². The first kappa shape index (κ1) is 16.0. The molecule has 1 aromatic heterocycles. The summed E-state index contributed by atoms with van der Waals surface area (Å²) >= 11 is 0. The van der Waals surface area contributed by atoms with Crippen LogP contribution >= 0.6 is 0 Å². The van der Waals surface area contributed by atoms with Crippen molar-refractivity contribution in [3.8, 4) is 0 Å². The lowest BCUT2D eigenvalue weighted by molar-refractivity contribution is -0.127. The molecule has 0 saturated heterocycles. The molecule has 5 heteroatoms. The van der Waals surface area contributed by atoms with Crippen LogP contribution in [0, 0.1) is 19.8 Å². The van der Waals surface area contributed by atoms with Crippen LogP contribution in [0.4, 0.5) is 0 Å². The Morgan fingerprint density at radius 2 is 2.05 bits per heavy atom. The molecular weight excluding hydrogens is 266 g/mol. The maximum absolute atomic E-state index is 12.4. The fourth-order valence-corrected chi connectivity index (χ4v) is 3.27. The van der Waals surface area contributed by atoms with E-state index in [2.05, 4.69) is 10.4 Å². The minimum atomic E-state index is -0.385. The van der Waals surface area contributed by atoms with E-state index >= 15 is 0 Å². The van der Waals surface area contributed by atoms with Crippen LogP contribution in [0.5, 0.6) is 0 Å². The van der Waals surface area contributed by atoms with Gasteiger partial charge in [0.15, 0.2) is 0 Å². The predicted molar refractivity (Wildman–Crippen MR) is 82.0 cm³/mol. The standard InChI is InChI=1S/C16H27N3O2/c1-11(9-14-12(2)18-19(4)13(14)3)15(21)17-16(10-20)7-5-6-8-16/h11,20H,5-10H2,1-4H3,(H,17,21). The maximum Gasteiger partial charge on any atom is 0.223 e. The minimum absolute atomic E-state index is 0.0357. The monoisotopic (exact) mass is 293 g/mol. The van der Waals surface area contributed by atoms with Crippen LogP contribution in [0.1, 0.15) is 49.6 Å². The molecule has 1 saturated carbocycles. The zero-order valence-electron chi connectivity index (χ0n) is 13.6. The first-order chi connectivity index (χ1) is 9.88. The second-order valence-corrected chi connectivity index (χ2v) is 6.51. The number of amides is 1. The van der Waals surface area contributed by atoms with Crippen molar-refractivity contribution in [2.75, 3.05) is 6.61 Å². The Kier molecular flexibility index (Phi) is 4.71. The fourth-order valence-electron chi connectivity index (χ4n) is 3.27. The molecule has 0 aromatic carbocycles. The zero-order chi connectivity index (χ0) is 15.6. The molecule has 0 spiro atoms. The number of nitrogens with one attached hydrogen (secondary N) is 1. The molecule has 1 amide bonds. The predicted octanol–water partition coefficient (Wildman–Crippen LogP) is 1.64. The van der Waals surface area contributed by atoms with Gasteiger partial charge in [0.05, 0.1) is 17.8 Å². The summed E-state index contributed by atoms with van der Waals surface area (Å²) in [5.74, 6) is -0.0794. The Morgan fingerprint density at radius 3 is 2.52 bits per heavy atom. The average molecular weight is 293 g/mol. The van der Waals surface area contributed by atoms with Crippen molar-refractivity contribution >= 4 is 5.91 Å². The second kappa shape index (κ2) is 6.18. The van der Waals surface area contributed by atoms with Gasteiger partial charge < -0.3 is 10.4 Å². The molecule has 0 aliphatic heterocycles. The highest BCUT2D eigenvalue weighted by Gasteiger charge is 2.35. The molecule has 2 rings (SSSR count). The number of aliphatic hydroxyl groups is 1. The highest BCUT2D eigenvalue weighted by molar-refractivity contribution is 5.79. The van der Waals surface area contributed by atoms with Gasteiger partial charge in [-0.05, 0) is 38.7 Å². The zero-order valence-corrected chi connectivity index (χ0v) is 13.6. The van der Waals surface area contributed by atoms with Crippen LogP contribution in [0.2, 0.25) is 0 Å². The first-order valence-corrected chi connectivity index (χ1v) is 7.80. The van der Waals surface area contributed by atoms with E-state index < -0.39 is 0 Å². The lowest BCUT2D eigenvalue weighted by Gasteiger charge is -2.29. The largest absolute Gasteiger partial charge is 0.394 e. The van der Waals surface area contributed by atoms with Gasteiger partial charge in [-0.2, -0.15) is 5.10 Å². The van der Waals surface area contributed by atoms with Gasteiger partial charge in [0.25, 0.3) is 0 Å². The molecule has 0 radical (unpaired) electrons. The highest BCUT2D eigenvalue weighted by Crippen LogP contribution is 2.29. The number of nitrogens with zero attached hydrogens (tertiary/aromatic N) is 2. The van der Waals surface area contributed by atoms with Gasteiger partial charge in [-0.3, -0.25) is 9.48 Å². The number of carbonyl (C=O) groups excluding carboxylic acids is 1. The van der Waals surface area contributed by atoms with Gasteiger partial charge in [0, 0.05) is 18.7 Å². The van der Waals surface area contributed by atoms with E-state index in [1.165, 1.54) is 0 Å². The van der Waals surface area contributed by atoms with Gasteiger partial charge in [-0.25, -0.2) is 0 Å². The van der Waals surface area contributed by atoms with Crippen molar-refractivity contribution in [3.05, 3.63) is 17.0 Å². The van der Waals surface area contributed by atoms with E-state index in [-0.39, 0.29) is 24.0 Å². The Morgan fingerprint density at radius 1 is 1.43 bits per heavy atom. The number of hydrogen-bond acceptors (Lipinski definition) is 3. The van der Waals surface area contributed by atoms with Gasteiger partial charge >= 0.3 is 0 Å². The van der Waals surface area contributed by atoms with Crippen LogP contribution in [-0.4, -0.2) is 32.9 Å². The summed E-state index contributed by atoms with van der Waals surface area (Å²) in [4.78, 5) is 12.4. The fraction of sp³-hybridized carbons (Fsp3) is 0.750. The lowest BCUT2D eigenvalue weighted by Crippen LogP contribution is -2.51. The van der Waals surface area contributed by atoms with Crippen LogP contribution in [-0.2, 0) is 18.3 Å². The van der Waals surface area contributed by atoms with Crippen LogP contribution in [0.3, 0.4) is 0 Å². The smallest absolute Gasteiger partial charge is 0.223 e. The Balaban J connectivity index is 2.02. The van der Waals surface area contributed by atoms with E-state index in [9.17, 15) is 9.90 Å². The molecule has 21 heavy (non-hydrogen) atoms. The third kappa shape index (κ3) is 3.28. The molecule has 1 fully saturated rings. The molecular formula is C16H27N3O2. The van der Waals surface area contributed by atoms with Crippen LogP contribution in [0.15, 0.2) is 0 Å². The van der Waals surface area contributed by atoms with Crippen molar-refractivity contribution in [2.24, 2.45) is 13.0 Å². The van der Waals surface area contributed by atoms with Crippen molar-refractivity contribution in [3.63, 3.8) is 0 Å². The Bertz CT molecular complexity index is 516. The summed E-state index contributed by atoms with van der Waals surface area (Å²) in [5, 5.41) is 17.1. The molecule has 0 bridgehead atoms. The molecule has 1 heterocycles. The van der Waals surface area contributed by atoms with E-state index in [0.717, 1.165) is 42.6 Å². The van der Waals surface area contributed by atoms with E-state index in [1.54, 1.807) is 0 Å². The molecule has 1 aliphatic rings. The summed E-state index contributed by atoms with van der Waals surface area (Å²) in [6.45, 7) is 6.00. The highest BCUT2D eigenvalue weighted by atomic mass is 16.3. The molecule has 1 aliphatic carbocycles. The molecule has 5 nitrogen and oxygen atoms in total. The third-order valence-corrected chi connectivity index (χ3v) is 4.87. The van der Waals surface area contributed by atoms with E-state index in [4.69, 9.17) is 0 Å². The molecule has 1 aromatic rings. The van der Waals surface area contributed by atoms with E-state index in [1.807, 2.05) is 32.5 Å². The Labute approximate surface area is 126 Å². The normalized spacial score (nSPS) is 18.7. The quantitative estimate of drug-likeness (QED) is 0.867. The summed E-state index contributed by atoms with van der Waals surface area (Å²) < 4.78 is 1.86. The number of aryl methyl sites for hydroxylation is 2. The summed E-state index contributed by atoms with van der Waals surface area (Å²) in [7, 11) is 1.93. The third-order valence-electron chi connectivity index (χ3n) is 4.87. The SMILES string of the molecule is Cc1nn(C)c(C)c1CC(C)C(=O)NC1(CO)CCCC1. The van der Waals surface area contributed by atoms with Crippen molar-refractivity contribution in [1.82, 2.24) is 15.1 Å². The molecule has 1 atom stereocenters. The van der Waals surface area contributed by atoms with Crippen LogP contribution in [0.25, 0.3) is 0 Å². The first-order valence-electron chi connectivity index (χ1n) is 7.80. The van der Waals surface area contributed by atoms with Crippen molar-refractivity contribution in [2.45, 2.75) is 58.4 Å². The summed E-state index contributed by atoms with van der Waals surface area (Å²) in [6, 6.07) is 0. The Hall–Kier alpha value is -1.36. The number of hydrogen-bond donors (Lipinski definition) is 2. The number of aliphatic hydroxyl groups excluding tert-OH is 1. The van der Waals surface area contributed by atoms with Crippen LogP contribution < -0.4 is 5.32 Å². The number of carbonyl (C=O) groups is 1. The van der Waals surface area contributed by atoms with Gasteiger partial charge in [-0.15, -0.1) is 0 Å². The maximum atomic E-state index is 12.4. The summed E-state index contributed by atoms with van der Waals surface area (Å²) in [6.07, 6.45) is 4.62. The van der Waals surface area contributed by atoms with Crippen molar-refractivity contribution < 1.29 is 9.90 Å². The topological polar surface area (TPSA) is 67.2 Å². The average Bonchev–Trinajstić information content (AvgIpc) is 3.00. The van der Waals surface area contributed by atoms with E-state index in [0.29, 0.717) is 6.42 Å². The van der Waals surface area contributed by atoms with Crippen molar-refractivity contribution in [1.29, 1.82) is 0 Å². The summed E-state index contributed by atoms with van der Waals surface area (Å²) in [5.41, 5.74) is 2.88. The molecule has 2 N–H and O–H groups in total. The number of aromatic nitrogens is 2. The molecule has 1 unspecified atom stereocenters. The minimum Gasteiger partial charge on any atom is -0.394 e. The lowest BCUT2D eigenvalue weighted by atomic mass is 9.94. The van der Waals surface area contributed by atoms with Gasteiger partial charge in [0.1, 0.15) is 0 Å². The second-order valence-electron chi connectivity index (χ2n) is 6.51.